The molecule has 3 heteroatoms. The first-order valence-corrected chi connectivity index (χ1v) is 5.64. The van der Waals surface area contributed by atoms with Crippen LogP contribution in [0.25, 0.3) is 0 Å². The van der Waals surface area contributed by atoms with E-state index in [1.807, 2.05) is 18.2 Å². The second-order valence-electron chi connectivity index (χ2n) is 4.01. The Balaban J connectivity index is 2.37. The van der Waals surface area contributed by atoms with Gasteiger partial charge < -0.3 is 15.2 Å². The van der Waals surface area contributed by atoms with Crippen LogP contribution in [0.1, 0.15) is 12.0 Å². The molecule has 0 radical (unpaired) electrons. The highest BCUT2D eigenvalue weighted by Gasteiger charge is 2.07. The molecule has 0 aliphatic carbocycles. The Bertz CT molecular complexity index is 302. The fourth-order valence-corrected chi connectivity index (χ4v) is 1.47. The maximum absolute atomic E-state index is 5.70. The predicted octanol–water partition coefficient (Wildman–Crippen LogP) is 1.99. The van der Waals surface area contributed by atoms with Gasteiger partial charge >= 0.3 is 0 Å². The van der Waals surface area contributed by atoms with E-state index in [1.54, 1.807) is 7.11 Å². The van der Waals surface area contributed by atoms with E-state index >= 15 is 0 Å². The van der Waals surface area contributed by atoms with Gasteiger partial charge in [0.1, 0.15) is 5.75 Å². The normalized spacial score (nSPS) is 12.4. The zero-order chi connectivity index (χ0) is 11.8. The van der Waals surface area contributed by atoms with Crippen molar-refractivity contribution >= 4 is 0 Å². The first-order valence-electron chi connectivity index (χ1n) is 5.64. The van der Waals surface area contributed by atoms with Gasteiger partial charge in [-0.15, -0.1) is 0 Å². The molecule has 90 valence electrons. The van der Waals surface area contributed by atoms with Crippen molar-refractivity contribution in [2.24, 2.45) is 11.7 Å². The van der Waals surface area contributed by atoms with Gasteiger partial charge in [-0.3, -0.25) is 0 Å². The van der Waals surface area contributed by atoms with Crippen LogP contribution in [-0.2, 0) is 4.74 Å². The summed E-state index contributed by atoms with van der Waals surface area (Å²) in [6, 6.07) is 8.05. The average molecular weight is 223 g/mol. The van der Waals surface area contributed by atoms with Gasteiger partial charge in [0.2, 0.25) is 0 Å². The third-order valence-corrected chi connectivity index (χ3v) is 2.54. The van der Waals surface area contributed by atoms with Crippen LogP contribution in [0.3, 0.4) is 0 Å². The fraction of sp³-hybridized carbons (Fsp3) is 0.538. The van der Waals surface area contributed by atoms with Gasteiger partial charge in [-0.25, -0.2) is 0 Å². The SMILES string of the molecule is COCCC(CN)COc1cccc(C)c1. The maximum Gasteiger partial charge on any atom is 0.119 e. The summed E-state index contributed by atoms with van der Waals surface area (Å²) in [7, 11) is 1.70. The van der Waals surface area contributed by atoms with Crippen LogP contribution >= 0.6 is 0 Å². The number of hydrogen-bond donors (Lipinski definition) is 1. The zero-order valence-electron chi connectivity index (χ0n) is 10.1. The van der Waals surface area contributed by atoms with Gasteiger partial charge in [0, 0.05) is 19.6 Å². The Labute approximate surface area is 97.6 Å². The Morgan fingerprint density at radius 2 is 2.19 bits per heavy atom. The first-order chi connectivity index (χ1) is 7.76. The monoisotopic (exact) mass is 223 g/mol. The van der Waals surface area contributed by atoms with Crippen LogP contribution in [0.5, 0.6) is 5.75 Å². The molecule has 1 aromatic rings. The lowest BCUT2D eigenvalue weighted by Crippen LogP contribution is -2.22. The molecule has 3 nitrogen and oxygen atoms in total. The van der Waals surface area contributed by atoms with Gasteiger partial charge in [0.05, 0.1) is 6.61 Å². The van der Waals surface area contributed by atoms with Crippen LogP contribution in [0.15, 0.2) is 24.3 Å². The molecular formula is C13H21NO2. The fourth-order valence-electron chi connectivity index (χ4n) is 1.47. The number of methoxy groups -OCH3 is 1. The Morgan fingerprint density at radius 3 is 2.81 bits per heavy atom. The third-order valence-electron chi connectivity index (χ3n) is 2.54. The summed E-state index contributed by atoms with van der Waals surface area (Å²) in [5.41, 5.74) is 6.88. The van der Waals surface area contributed by atoms with E-state index in [4.69, 9.17) is 15.2 Å². The number of nitrogens with two attached hydrogens (primary N) is 1. The minimum atomic E-state index is 0.362. The van der Waals surface area contributed by atoms with Gasteiger partial charge in [-0.1, -0.05) is 12.1 Å². The van der Waals surface area contributed by atoms with Crippen molar-refractivity contribution in [3.05, 3.63) is 29.8 Å². The molecule has 0 aromatic heterocycles. The van der Waals surface area contributed by atoms with Crippen molar-refractivity contribution in [1.82, 2.24) is 0 Å². The lowest BCUT2D eigenvalue weighted by molar-refractivity contribution is 0.157. The third kappa shape index (κ3) is 4.64. The molecule has 0 saturated heterocycles. The molecule has 0 saturated carbocycles. The van der Waals surface area contributed by atoms with Crippen LogP contribution in [0.4, 0.5) is 0 Å². The number of ether oxygens (including phenoxy) is 2. The summed E-state index contributed by atoms with van der Waals surface area (Å²) in [4.78, 5) is 0. The quantitative estimate of drug-likeness (QED) is 0.768. The van der Waals surface area contributed by atoms with Crippen molar-refractivity contribution in [2.75, 3.05) is 26.9 Å². The summed E-state index contributed by atoms with van der Waals surface area (Å²) >= 11 is 0. The summed E-state index contributed by atoms with van der Waals surface area (Å²) in [6.07, 6.45) is 0.943. The van der Waals surface area contributed by atoms with Crippen LogP contribution in [0.2, 0.25) is 0 Å². The van der Waals surface area contributed by atoms with Crippen LogP contribution in [-0.4, -0.2) is 26.9 Å². The molecule has 2 N–H and O–H groups in total. The lowest BCUT2D eigenvalue weighted by Gasteiger charge is -2.15. The summed E-state index contributed by atoms with van der Waals surface area (Å²) in [5, 5.41) is 0. The lowest BCUT2D eigenvalue weighted by atomic mass is 10.1. The predicted molar refractivity (Wildman–Crippen MR) is 65.7 cm³/mol. The van der Waals surface area contributed by atoms with Crippen molar-refractivity contribution in [2.45, 2.75) is 13.3 Å². The highest BCUT2D eigenvalue weighted by Crippen LogP contribution is 2.14. The average Bonchev–Trinajstić information content (AvgIpc) is 2.29. The standard InChI is InChI=1S/C13H21NO2/c1-11-4-3-5-13(8-11)16-10-12(9-14)6-7-15-2/h3-5,8,12H,6-7,9-10,14H2,1-2H3. The molecule has 0 fully saturated rings. The van der Waals surface area contributed by atoms with Crippen LogP contribution in [0, 0.1) is 12.8 Å². The van der Waals surface area contributed by atoms with Crippen molar-refractivity contribution in [1.29, 1.82) is 0 Å². The Kier molecular flexibility index (Phi) is 5.90. The van der Waals surface area contributed by atoms with E-state index in [1.165, 1.54) is 5.56 Å². The summed E-state index contributed by atoms with van der Waals surface area (Å²) in [6.45, 7) is 4.08. The topological polar surface area (TPSA) is 44.5 Å². The molecule has 1 unspecified atom stereocenters. The van der Waals surface area contributed by atoms with E-state index in [0.717, 1.165) is 18.8 Å². The zero-order valence-corrected chi connectivity index (χ0v) is 10.1. The maximum atomic E-state index is 5.70. The molecule has 0 bridgehead atoms. The van der Waals surface area contributed by atoms with Crippen molar-refractivity contribution in [3.63, 3.8) is 0 Å². The Morgan fingerprint density at radius 1 is 1.38 bits per heavy atom. The van der Waals surface area contributed by atoms with Gasteiger partial charge in [0.25, 0.3) is 0 Å². The van der Waals surface area contributed by atoms with Gasteiger partial charge in [-0.05, 0) is 37.6 Å². The van der Waals surface area contributed by atoms with Crippen molar-refractivity contribution < 1.29 is 9.47 Å². The van der Waals surface area contributed by atoms with E-state index in [9.17, 15) is 0 Å². The molecular weight excluding hydrogens is 202 g/mol. The molecule has 1 atom stereocenters. The van der Waals surface area contributed by atoms with Crippen molar-refractivity contribution in [3.8, 4) is 5.75 Å². The molecule has 0 aliphatic rings. The smallest absolute Gasteiger partial charge is 0.119 e. The second kappa shape index (κ2) is 7.25. The minimum absolute atomic E-state index is 0.362. The molecule has 0 spiro atoms. The molecule has 1 rings (SSSR count). The first kappa shape index (κ1) is 13.0. The largest absolute Gasteiger partial charge is 0.493 e. The van der Waals surface area contributed by atoms with Gasteiger partial charge in [-0.2, -0.15) is 0 Å². The molecule has 16 heavy (non-hydrogen) atoms. The molecule has 0 aliphatic heterocycles. The highest BCUT2D eigenvalue weighted by molar-refractivity contribution is 5.27. The highest BCUT2D eigenvalue weighted by atomic mass is 16.5. The number of rotatable bonds is 7. The second-order valence-corrected chi connectivity index (χ2v) is 4.01. The van der Waals surface area contributed by atoms with E-state index < -0.39 is 0 Å². The van der Waals surface area contributed by atoms with E-state index in [0.29, 0.717) is 19.1 Å². The van der Waals surface area contributed by atoms with Gasteiger partial charge in [0.15, 0.2) is 0 Å². The van der Waals surface area contributed by atoms with Crippen LogP contribution < -0.4 is 10.5 Å². The molecule has 0 heterocycles. The summed E-state index contributed by atoms with van der Waals surface area (Å²) in [5.74, 6) is 1.27. The summed E-state index contributed by atoms with van der Waals surface area (Å²) < 4.78 is 10.7. The number of aryl methyl sites for hydroxylation is 1. The molecule has 0 amide bonds. The van der Waals surface area contributed by atoms with E-state index in [2.05, 4.69) is 13.0 Å². The number of hydrogen-bond acceptors (Lipinski definition) is 3. The number of benzene rings is 1. The van der Waals surface area contributed by atoms with E-state index in [-0.39, 0.29) is 0 Å². The Hall–Kier alpha value is -1.06. The minimum Gasteiger partial charge on any atom is -0.493 e. The molecule has 1 aromatic carbocycles.